The minimum atomic E-state index is 0. The van der Waals surface area contributed by atoms with Crippen molar-refractivity contribution in [1.82, 2.24) is 15.2 Å². The molecular weight excluding hydrogens is 471 g/mol. The van der Waals surface area contributed by atoms with Crippen LogP contribution in [0.5, 0.6) is 5.75 Å². The first-order valence-corrected chi connectivity index (χ1v) is 9.36. The Morgan fingerprint density at radius 3 is 2.63 bits per heavy atom. The van der Waals surface area contributed by atoms with Crippen LogP contribution in [0.25, 0.3) is 10.8 Å². The highest BCUT2D eigenvalue weighted by Gasteiger charge is 2.09. The number of rotatable bonds is 5. The lowest BCUT2D eigenvalue weighted by atomic mass is 10.1. The topological polar surface area (TPSA) is 49.8 Å². The van der Waals surface area contributed by atoms with Crippen LogP contribution in [0, 0.1) is 6.92 Å². The number of fused-ring (bicyclic) bond motifs is 1. The maximum Gasteiger partial charge on any atom is 0.194 e. The predicted octanol–water partition coefficient (Wildman–Crippen LogP) is 4.44. The van der Waals surface area contributed by atoms with Crippen molar-refractivity contribution in [2.75, 3.05) is 21.2 Å². The smallest absolute Gasteiger partial charge is 0.194 e. The fourth-order valence-electron chi connectivity index (χ4n) is 2.87. The van der Waals surface area contributed by atoms with Gasteiger partial charge in [-0.2, -0.15) is 0 Å². The number of aromatic nitrogens is 1. The van der Waals surface area contributed by atoms with Crippen molar-refractivity contribution in [2.24, 2.45) is 4.99 Å². The first-order chi connectivity index (χ1) is 12.6. The third-order valence-electron chi connectivity index (χ3n) is 4.20. The highest BCUT2D eigenvalue weighted by Crippen LogP contribution is 2.21. The lowest BCUT2D eigenvalue weighted by Gasteiger charge is -2.21. The first-order valence-electron chi connectivity index (χ1n) is 8.48. The average Bonchev–Trinajstić information content (AvgIpc) is 3.06. The Kier molecular flexibility index (Phi) is 7.85. The number of hydrogen-bond donors (Lipinski definition) is 1. The number of thiazole rings is 1. The Morgan fingerprint density at radius 1 is 1.22 bits per heavy atom. The summed E-state index contributed by atoms with van der Waals surface area (Å²) in [5, 5.41) is 8.98. The van der Waals surface area contributed by atoms with Crippen molar-refractivity contribution in [3.63, 3.8) is 0 Å². The number of halogens is 1. The van der Waals surface area contributed by atoms with Crippen LogP contribution >= 0.6 is 35.3 Å². The number of ether oxygens (including phenoxy) is 1. The zero-order valence-corrected chi connectivity index (χ0v) is 19.2. The molecule has 3 aromatic rings. The molecular formula is C20H25IN4OS. The van der Waals surface area contributed by atoms with Gasteiger partial charge in [0.1, 0.15) is 5.75 Å². The Bertz CT molecular complexity index is 925. The van der Waals surface area contributed by atoms with Crippen molar-refractivity contribution >= 4 is 52.0 Å². The zero-order valence-electron chi connectivity index (χ0n) is 16.0. The summed E-state index contributed by atoms with van der Waals surface area (Å²) in [6.07, 6.45) is 0. The fourth-order valence-corrected chi connectivity index (χ4v) is 3.48. The molecule has 0 radical (unpaired) electrons. The van der Waals surface area contributed by atoms with Crippen LogP contribution in [-0.2, 0) is 13.1 Å². The molecule has 1 aromatic heterocycles. The van der Waals surface area contributed by atoms with Gasteiger partial charge in [-0.15, -0.1) is 35.3 Å². The Hall–Kier alpha value is -1.87. The minimum absolute atomic E-state index is 0. The second-order valence-corrected chi connectivity index (χ2v) is 7.22. The van der Waals surface area contributed by atoms with Gasteiger partial charge in [0.25, 0.3) is 0 Å². The van der Waals surface area contributed by atoms with Crippen LogP contribution in [0.1, 0.15) is 16.3 Å². The molecule has 27 heavy (non-hydrogen) atoms. The standard InChI is InChI=1S/C20H24N4OS.HI/c1-14-23-18(13-26-14)12-24(3)20(21-2)22-11-15-5-6-17-10-19(25-4)8-7-16(17)9-15;/h5-10,13H,11-12H2,1-4H3,(H,21,22);1H. The summed E-state index contributed by atoms with van der Waals surface area (Å²) in [4.78, 5) is 11.0. The Balaban J connectivity index is 0.00000261. The van der Waals surface area contributed by atoms with Gasteiger partial charge in [-0.25, -0.2) is 4.98 Å². The minimum Gasteiger partial charge on any atom is -0.497 e. The molecule has 7 heteroatoms. The summed E-state index contributed by atoms with van der Waals surface area (Å²) < 4.78 is 5.28. The highest BCUT2D eigenvalue weighted by atomic mass is 127. The largest absolute Gasteiger partial charge is 0.497 e. The summed E-state index contributed by atoms with van der Waals surface area (Å²) >= 11 is 1.67. The molecule has 5 nitrogen and oxygen atoms in total. The fraction of sp³-hybridized carbons (Fsp3) is 0.300. The summed E-state index contributed by atoms with van der Waals surface area (Å²) in [5.41, 5.74) is 2.28. The molecule has 0 aliphatic heterocycles. The summed E-state index contributed by atoms with van der Waals surface area (Å²) in [7, 11) is 5.52. The molecule has 0 atom stereocenters. The van der Waals surface area contributed by atoms with Crippen LogP contribution in [0.4, 0.5) is 0 Å². The average molecular weight is 496 g/mol. The van der Waals surface area contributed by atoms with Crippen molar-refractivity contribution in [2.45, 2.75) is 20.0 Å². The third kappa shape index (κ3) is 5.55. The van der Waals surface area contributed by atoms with Gasteiger partial charge in [0.05, 0.1) is 24.4 Å². The number of aliphatic imine (C=N–C) groups is 1. The van der Waals surface area contributed by atoms with E-state index in [1.165, 1.54) is 16.3 Å². The van der Waals surface area contributed by atoms with Crippen molar-refractivity contribution in [1.29, 1.82) is 0 Å². The van der Waals surface area contributed by atoms with E-state index >= 15 is 0 Å². The monoisotopic (exact) mass is 496 g/mol. The number of methoxy groups -OCH3 is 1. The molecule has 3 rings (SSSR count). The molecule has 0 fully saturated rings. The molecule has 0 bridgehead atoms. The molecule has 0 amide bonds. The molecule has 0 aliphatic rings. The molecule has 0 saturated heterocycles. The van der Waals surface area contributed by atoms with Gasteiger partial charge in [0.15, 0.2) is 5.96 Å². The molecule has 0 spiro atoms. The molecule has 144 valence electrons. The number of nitrogens with one attached hydrogen (secondary N) is 1. The lowest BCUT2D eigenvalue weighted by Crippen LogP contribution is -2.38. The molecule has 0 aliphatic carbocycles. The van der Waals surface area contributed by atoms with Crippen LogP contribution < -0.4 is 10.1 Å². The van der Waals surface area contributed by atoms with E-state index in [0.29, 0.717) is 0 Å². The Labute approximate surface area is 181 Å². The molecule has 1 N–H and O–H groups in total. The van der Waals surface area contributed by atoms with E-state index in [1.54, 1.807) is 25.5 Å². The van der Waals surface area contributed by atoms with E-state index in [4.69, 9.17) is 4.74 Å². The molecule has 1 heterocycles. The normalized spacial score (nSPS) is 11.2. The van der Waals surface area contributed by atoms with Gasteiger partial charge in [-0.3, -0.25) is 4.99 Å². The van der Waals surface area contributed by atoms with Gasteiger partial charge in [-0.05, 0) is 41.5 Å². The summed E-state index contributed by atoms with van der Waals surface area (Å²) in [6, 6.07) is 12.6. The first kappa shape index (κ1) is 21.4. The van der Waals surface area contributed by atoms with Gasteiger partial charge in [0, 0.05) is 26.0 Å². The second-order valence-electron chi connectivity index (χ2n) is 6.16. The van der Waals surface area contributed by atoms with E-state index in [9.17, 15) is 0 Å². The highest BCUT2D eigenvalue weighted by molar-refractivity contribution is 14.0. The number of hydrogen-bond acceptors (Lipinski definition) is 4. The van der Waals surface area contributed by atoms with Crippen molar-refractivity contribution in [3.05, 3.63) is 58.0 Å². The summed E-state index contributed by atoms with van der Waals surface area (Å²) in [6.45, 7) is 3.48. The second kappa shape index (κ2) is 9.89. The number of guanidine groups is 1. The number of nitrogens with zero attached hydrogens (tertiary/aromatic N) is 3. The zero-order chi connectivity index (χ0) is 18.5. The van der Waals surface area contributed by atoms with E-state index in [0.717, 1.165) is 35.5 Å². The maximum absolute atomic E-state index is 5.28. The van der Waals surface area contributed by atoms with Gasteiger partial charge in [-0.1, -0.05) is 18.2 Å². The predicted molar refractivity (Wildman–Crippen MR) is 124 cm³/mol. The van der Waals surface area contributed by atoms with Crippen LogP contribution in [0.15, 0.2) is 46.8 Å². The molecule has 2 aromatic carbocycles. The van der Waals surface area contributed by atoms with E-state index < -0.39 is 0 Å². The van der Waals surface area contributed by atoms with Gasteiger partial charge < -0.3 is 15.0 Å². The van der Waals surface area contributed by atoms with Crippen LogP contribution in [0.3, 0.4) is 0 Å². The van der Waals surface area contributed by atoms with E-state index in [-0.39, 0.29) is 24.0 Å². The van der Waals surface area contributed by atoms with E-state index in [1.807, 2.05) is 20.0 Å². The van der Waals surface area contributed by atoms with Crippen molar-refractivity contribution in [3.8, 4) is 5.75 Å². The quantitative estimate of drug-likeness (QED) is 0.323. The SMILES string of the molecule is CN=C(NCc1ccc2cc(OC)ccc2c1)N(C)Cc1csc(C)n1.I. The third-order valence-corrected chi connectivity index (χ3v) is 5.02. The molecule has 0 unspecified atom stereocenters. The lowest BCUT2D eigenvalue weighted by molar-refractivity contribution is 0.415. The maximum atomic E-state index is 5.28. The summed E-state index contributed by atoms with van der Waals surface area (Å²) in [5.74, 6) is 1.73. The Morgan fingerprint density at radius 2 is 1.96 bits per heavy atom. The van der Waals surface area contributed by atoms with Gasteiger partial charge >= 0.3 is 0 Å². The van der Waals surface area contributed by atoms with Crippen LogP contribution in [-0.4, -0.2) is 37.0 Å². The van der Waals surface area contributed by atoms with Crippen LogP contribution in [0.2, 0.25) is 0 Å². The number of aryl methyl sites for hydroxylation is 1. The van der Waals surface area contributed by atoms with E-state index in [2.05, 4.69) is 55.9 Å². The number of benzene rings is 2. The van der Waals surface area contributed by atoms with Crippen molar-refractivity contribution < 1.29 is 4.74 Å². The van der Waals surface area contributed by atoms with Gasteiger partial charge in [0.2, 0.25) is 0 Å². The molecule has 0 saturated carbocycles.